The fourth-order valence-corrected chi connectivity index (χ4v) is 4.52. The number of methoxy groups -OCH3 is 2. The summed E-state index contributed by atoms with van der Waals surface area (Å²) in [5.41, 5.74) is 1.87. The molecule has 0 aliphatic carbocycles. The van der Waals surface area contributed by atoms with Crippen LogP contribution in [0.1, 0.15) is 70.4 Å². The van der Waals surface area contributed by atoms with Gasteiger partial charge in [0.2, 0.25) is 0 Å². The van der Waals surface area contributed by atoms with Crippen LogP contribution in [0.15, 0.2) is 48.5 Å². The fourth-order valence-electron chi connectivity index (χ4n) is 4.52. The van der Waals surface area contributed by atoms with Crippen molar-refractivity contribution in [2.24, 2.45) is 11.8 Å². The number of esters is 1. The van der Waals surface area contributed by atoms with Gasteiger partial charge in [-0.3, -0.25) is 9.59 Å². The molecule has 2 aromatic rings. The van der Waals surface area contributed by atoms with Gasteiger partial charge < -0.3 is 29.0 Å². The largest absolute Gasteiger partial charge is 0.493 e. The Hall–Kier alpha value is -3.59. The zero-order chi connectivity index (χ0) is 31.5. The number of rotatable bonds is 21. The lowest BCUT2D eigenvalue weighted by atomic mass is 9.83. The Bertz CT molecular complexity index is 1100. The summed E-state index contributed by atoms with van der Waals surface area (Å²) in [7, 11) is 3.26. The summed E-state index contributed by atoms with van der Waals surface area (Å²) in [4.78, 5) is 38.4. The van der Waals surface area contributed by atoms with Crippen molar-refractivity contribution >= 4 is 17.8 Å². The van der Waals surface area contributed by atoms with E-state index in [1.54, 1.807) is 14.2 Å². The summed E-state index contributed by atoms with van der Waals surface area (Å²) in [5, 5.41) is 2.78. The van der Waals surface area contributed by atoms with Gasteiger partial charge in [-0.05, 0) is 54.4 Å². The minimum absolute atomic E-state index is 0.0264. The van der Waals surface area contributed by atoms with Crippen molar-refractivity contribution < 1.29 is 38.1 Å². The topological polar surface area (TPSA) is 109 Å². The van der Waals surface area contributed by atoms with Crippen molar-refractivity contribution in [1.82, 2.24) is 5.32 Å². The summed E-state index contributed by atoms with van der Waals surface area (Å²) < 4.78 is 27.2. The van der Waals surface area contributed by atoms with Crippen LogP contribution in [0.5, 0.6) is 11.5 Å². The van der Waals surface area contributed by atoms with E-state index in [9.17, 15) is 14.4 Å². The van der Waals surface area contributed by atoms with Crippen molar-refractivity contribution in [3.8, 4) is 11.5 Å². The van der Waals surface area contributed by atoms with Gasteiger partial charge in [0.15, 0.2) is 17.3 Å². The number of ether oxygens (including phenoxy) is 5. The first kappa shape index (κ1) is 35.6. The number of benzene rings is 2. The number of carbonyl (C=O) groups excluding carboxylic acids is 3. The van der Waals surface area contributed by atoms with Crippen molar-refractivity contribution in [2.45, 2.75) is 78.4 Å². The minimum atomic E-state index is -0.817. The molecule has 2 aromatic carbocycles. The first-order valence-electron chi connectivity index (χ1n) is 15.2. The average Bonchev–Trinajstić information content (AvgIpc) is 3.00. The van der Waals surface area contributed by atoms with E-state index in [-0.39, 0.29) is 37.1 Å². The van der Waals surface area contributed by atoms with Gasteiger partial charge >= 0.3 is 12.1 Å². The number of unbranched alkanes of at least 4 members (excludes halogenated alkanes) is 1. The molecule has 2 rings (SSSR count). The smallest absolute Gasteiger partial charge is 0.408 e. The number of Topliss-reactive ketones (excluding diaryl/α,β-unsaturated/α-hetero) is 1. The minimum Gasteiger partial charge on any atom is -0.493 e. The molecule has 238 valence electrons. The maximum absolute atomic E-state index is 13.4. The van der Waals surface area contributed by atoms with Crippen LogP contribution in [0.2, 0.25) is 0 Å². The third-order valence-corrected chi connectivity index (χ3v) is 7.19. The highest BCUT2D eigenvalue weighted by molar-refractivity contribution is 5.89. The van der Waals surface area contributed by atoms with E-state index in [1.165, 1.54) is 0 Å². The normalized spacial score (nSPS) is 12.3. The fraction of sp³-hybridized carbons (Fsp3) is 0.559. The molecule has 1 amide bonds. The van der Waals surface area contributed by atoms with E-state index in [2.05, 4.69) is 19.2 Å². The number of hydrogen-bond donors (Lipinski definition) is 1. The standard InChI is InChI=1S/C34H49NO8/c1-6-7-19-42-33(37)17-15-30(36)29(35-34(38)43-24-26-12-9-8-10-13-26)23-28(25(2)3)21-27-14-16-31(40-5)32(22-27)41-20-11-18-39-4/h8-10,12-14,16,22,25,28-29H,6-7,11,15,17-21,23-24H2,1-5H3,(H,35,38)/t28-,29-/m0/s1. The third kappa shape index (κ3) is 14.0. The highest BCUT2D eigenvalue weighted by Gasteiger charge is 2.28. The number of ketones is 1. The molecule has 0 aliphatic heterocycles. The van der Waals surface area contributed by atoms with Crippen molar-refractivity contribution in [1.29, 1.82) is 0 Å². The third-order valence-electron chi connectivity index (χ3n) is 7.19. The van der Waals surface area contributed by atoms with E-state index < -0.39 is 18.1 Å². The molecule has 2 atom stereocenters. The van der Waals surface area contributed by atoms with Crippen LogP contribution < -0.4 is 14.8 Å². The molecule has 0 fully saturated rings. The summed E-state index contributed by atoms with van der Waals surface area (Å²) in [5.74, 6) is 0.883. The Morgan fingerprint density at radius 2 is 1.60 bits per heavy atom. The summed E-state index contributed by atoms with van der Waals surface area (Å²) in [6.07, 6.45) is 2.74. The molecule has 1 N–H and O–H groups in total. The molecular weight excluding hydrogens is 550 g/mol. The predicted octanol–water partition coefficient (Wildman–Crippen LogP) is 6.30. The number of alkyl carbamates (subject to hydrolysis) is 1. The molecule has 9 nitrogen and oxygen atoms in total. The molecule has 0 saturated heterocycles. The van der Waals surface area contributed by atoms with Crippen LogP contribution in [0.4, 0.5) is 4.79 Å². The molecule has 0 radical (unpaired) electrons. The maximum Gasteiger partial charge on any atom is 0.408 e. The van der Waals surface area contributed by atoms with E-state index in [4.69, 9.17) is 23.7 Å². The van der Waals surface area contributed by atoms with Crippen LogP contribution in [-0.4, -0.2) is 57.9 Å². The molecule has 0 heterocycles. The Morgan fingerprint density at radius 1 is 0.837 bits per heavy atom. The summed E-state index contributed by atoms with van der Waals surface area (Å²) in [6, 6.07) is 14.4. The lowest BCUT2D eigenvalue weighted by Crippen LogP contribution is -2.43. The first-order chi connectivity index (χ1) is 20.8. The summed E-state index contributed by atoms with van der Waals surface area (Å²) in [6.45, 7) is 7.72. The Morgan fingerprint density at radius 3 is 2.28 bits per heavy atom. The van der Waals surface area contributed by atoms with Crippen molar-refractivity contribution in [3.63, 3.8) is 0 Å². The Kier molecular flexibility index (Phi) is 16.8. The Balaban J connectivity index is 2.14. The number of nitrogens with one attached hydrogen (secondary N) is 1. The zero-order valence-corrected chi connectivity index (χ0v) is 26.4. The second-order valence-corrected chi connectivity index (χ2v) is 10.9. The van der Waals surface area contributed by atoms with Crippen LogP contribution >= 0.6 is 0 Å². The van der Waals surface area contributed by atoms with Crippen molar-refractivity contribution in [2.75, 3.05) is 34.0 Å². The zero-order valence-electron chi connectivity index (χ0n) is 26.4. The second kappa shape index (κ2) is 20.3. The predicted molar refractivity (Wildman–Crippen MR) is 165 cm³/mol. The van der Waals surface area contributed by atoms with Crippen LogP contribution in [0, 0.1) is 11.8 Å². The number of amides is 1. The highest BCUT2D eigenvalue weighted by atomic mass is 16.5. The molecular formula is C34H49NO8. The molecule has 9 heteroatoms. The van der Waals surface area contributed by atoms with Crippen LogP contribution in [0.25, 0.3) is 0 Å². The summed E-state index contributed by atoms with van der Waals surface area (Å²) >= 11 is 0. The van der Waals surface area contributed by atoms with E-state index in [0.717, 1.165) is 30.4 Å². The molecule has 43 heavy (non-hydrogen) atoms. The van der Waals surface area contributed by atoms with E-state index in [0.29, 0.717) is 44.2 Å². The van der Waals surface area contributed by atoms with E-state index in [1.807, 2.05) is 55.5 Å². The van der Waals surface area contributed by atoms with Gasteiger partial charge in [0.05, 0.1) is 32.8 Å². The van der Waals surface area contributed by atoms with Gasteiger partial charge in [0.25, 0.3) is 0 Å². The molecule has 0 unspecified atom stereocenters. The average molecular weight is 600 g/mol. The SMILES string of the molecule is CCCCOC(=O)CCC(=O)[C@H](C[C@H](Cc1ccc(OC)c(OCCCOC)c1)C(C)C)NC(=O)OCc1ccccc1. The Labute approximate surface area is 256 Å². The quantitative estimate of drug-likeness (QED) is 0.131. The van der Waals surface area contributed by atoms with E-state index >= 15 is 0 Å². The first-order valence-corrected chi connectivity index (χ1v) is 15.2. The van der Waals surface area contributed by atoms with Gasteiger partial charge in [-0.2, -0.15) is 0 Å². The monoisotopic (exact) mass is 599 g/mol. The van der Waals surface area contributed by atoms with Gasteiger partial charge in [-0.15, -0.1) is 0 Å². The highest BCUT2D eigenvalue weighted by Crippen LogP contribution is 2.31. The van der Waals surface area contributed by atoms with Gasteiger partial charge in [-0.25, -0.2) is 4.79 Å². The molecule has 0 spiro atoms. The number of hydrogen-bond acceptors (Lipinski definition) is 8. The molecule has 0 saturated carbocycles. The molecule has 0 aromatic heterocycles. The van der Waals surface area contributed by atoms with Gasteiger partial charge in [-0.1, -0.05) is 63.6 Å². The molecule has 0 aliphatic rings. The lowest BCUT2D eigenvalue weighted by molar-refractivity contribution is -0.145. The van der Waals surface area contributed by atoms with Crippen molar-refractivity contribution in [3.05, 3.63) is 59.7 Å². The second-order valence-electron chi connectivity index (χ2n) is 10.9. The van der Waals surface area contributed by atoms with Crippen LogP contribution in [0.3, 0.4) is 0 Å². The maximum atomic E-state index is 13.4. The number of carbonyl (C=O) groups is 3. The van der Waals surface area contributed by atoms with Gasteiger partial charge in [0.1, 0.15) is 6.61 Å². The molecule has 0 bridgehead atoms. The lowest BCUT2D eigenvalue weighted by Gasteiger charge is -2.27. The van der Waals surface area contributed by atoms with Gasteiger partial charge in [0, 0.05) is 26.6 Å². The van der Waals surface area contributed by atoms with Crippen LogP contribution in [-0.2, 0) is 36.8 Å².